The van der Waals surface area contributed by atoms with Crippen LogP contribution in [0.4, 0.5) is 11.4 Å². The zero-order valence-corrected chi connectivity index (χ0v) is 19.2. The molecule has 8 nitrogen and oxygen atoms in total. The Morgan fingerprint density at radius 2 is 1.94 bits per heavy atom. The molecule has 0 atom stereocenters. The van der Waals surface area contributed by atoms with Gasteiger partial charge in [-0.05, 0) is 42.2 Å². The highest BCUT2D eigenvalue weighted by Crippen LogP contribution is 2.39. The molecule has 0 spiro atoms. The molecule has 8 heteroatoms. The van der Waals surface area contributed by atoms with Gasteiger partial charge in [0.05, 0.1) is 29.4 Å². The first-order valence-electron chi connectivity index (χ1n) is 11.2. The number of nitrogens with zero attached hydrogens (tertiary/aromatic N) is 2. The van der Waals surface area contributed by atoms with Crippen molar-refractivity contribution in [2.24, 2.45) is 11.7 Å². The summed E-state index contributed by atoms with van der Waals surface area (Å²) in [6, 6.07) is 11.4. The van der Waals surface area contributed by atoms with Crippen molar-refractivity contribution in [3.05, 3.63) is 53.2 Å². The molecule has 0 saturated carbocycles. The summed E-state index contributed by atoms with van der Waals surface area (Å²) in [6.45, 7) is 7.56. The van der Waals surface area contributed by atoms with E-state index in [9.17, 15) is 4.79 Å². The van der Waals surface area contributed by atoms with Crippen LogP contribution in [0.15, 0.2) is 36.4 Å². The van der Waals surface area contributed by atoms with Crippen LogP contribution in [0.2, 0.25) is 0 Å². The predicted molar refractivity (Wildman–Crippen MR) is 131 cm³/mol. The average molecular weight is 447 g/mol. The molecule has 0 unspecified atom stereocenters. The summed E-state index contributed by atoms with van der Waals surface area (Å²) in [5.41, 5.74) is 24.5. The fourth-order valence-electron chi connectivity index (χ4n) is 4.11. The quantitative estimate of drug-likeness (QED) is 0.411. The van der Waals surface area contributed by atoms with E-state index in [4.69, 9.17) is 16.2 Å². The van der Waals surface area contributed by atoms with Gasteiger partial charge in [0.15, 0.2) is 5.69 Å². The number of aryl methyl sites for hydroxylation is 1. The summed E-state index contributed by atoms with van der Waals surface area (Å²) in [7, 11) is 0. The highest BCUT2D eigenvalue weighted by atomic mass is 16.5. The fourth-order valence-corrected chi connectivity index (χ4v) is 4.11. The minimum atomic E-state index is -0.682. The lowest BCUT2D eigenvalue weighted by Crippen LogP contribution is -2.17. The lowest BCUT2D eigenvalue weighted by Gasteiger charge is -2.17. The summed E-state index contributed by atoms with van der Waals surface area (Å²) >= 11 is 0. The van der Waals surface area contributed by atoms with Crippen LogP contribution in [0.25, 0.3) is 22.5 Å². The Bertz CT molecular complexity index is 1190. The largest absolute Gasteiger partial charge is 0.477 e. The Morgan fingerprint density at radius 1 is 1.15 bits per heavy atom. The number of hydrogen-bond donors (Lipinski definition) is 4. The van der Waals surface area contributed by atoms with E-state index in [1.807, 2.05) is 43.3 Å². The Balaban J connectivity index is 1.81. The lowest BCUT2D eigenvalue weighted by atomic mass is 9.92. The maximum absolute atomic E-state index is 12.2. The van der Waals surface area contributed by atoms with E-state index < -0.39 is 5.91 Å². The van der Waals surface area contributed by atoms with Gasteiger partial charge in [-0.15, -0.1) is 0 Å². The van der Waals surface area contributed by atoms with E-state index in [1.165, 1.54) is 0 Å². The third-order valence-electron chi connectivity index (χ3n) is 6.18. The molecule has 0 fully saturated rings. The third kappa shape index (κ3) is 4.47. The van der Waals surface area contributed by atoms with Gasteiger partial charge >= 0.3 is 0 Å². The summed E-state index contributed by atoms with van der Waals surface area (Å²) in [6.07, 6.45) is 2.09. The molecule has 0 bridgehead atoms. The minimum absolute atomic E-state index is 0.0311. The second-order valence-electron chi connectivity index (χ2n) is 8.30. The molecule has 1 amide bonds. The van der Waals surface area contributed by atoms with Gasteiger partial charge in [0, 0.05) is 23.7 Å². The van der Waals surface area contributed by atoms with E-state index in [0.717, 1.165) is 35.2 Å². The van der Waals surface area contributed by atoms with Crippen LogP contribution in [0.1, 0.15) is 48.3 Å². The number of hydrazine groups is 1. The van der Waals surface area contributed by atoms with Gasteiger partial charge in [-0.2, -0.15) is 0 Å². The zero-order chi connectivity index (χ0) is 23.5. The summed E-state index contributed by atoms with van der Waals surface area (Å²) in [4.78, 5) is 21.3. The van der Waals surface area contributed by atoms with E-state index in [0.29, 0.717) is 41.9 Å². The van der Waals surface area contributed by atoms with E-state index in [-0.39, 0.29) is 11.4 Å². The van der Waals surface area contributed by atoms with Crippen molar-refractivity contribution in [1.82, 2.24) is 15.4 Å². The number of nitrogens with one attached hydrogen (secondary N) is 2. The number of nitrogens with two attached hydrogens (primary N) is 2. The molecule has 1 aliphatic rings. The average Bonchev–Trinajstić information content (AvgIpc) is 3.29. The number of ether oxygens (including phenoxy) is 1. The molecule has 1 aromatic carbocycles. The first-order chi connectivity index (χ1) is 15.9. The van der Waals surface area contributed by atoms with Crippen LogP contribution in [0.5, 0.6) is 5.88 Å². The predicted octanol–water partition coefficient (Wildman–Crippen LogP) is 4.05. The van der Waals surface area contributed by atoms with Gasteiger partial charge in [-0.3, -0.25) is 4.79 Å². The van der Waals surface area contributed by atoms with E-state index in [2.05, 4.69) is 34.7 Å². The highest BCUT2D eigenvalue weighted by Gasteiger charge is 2.23. The second kappa shape index (κ2) is 9.46. The number of rotatable bonds is 8. The van der Waals surface area contributed by atoms with Crippen LogP contribution >= 0.6 is 0 Å². The Hall–Kier alpha value is -3.65. The van der Waals surface area contributed by atoms with Crippen LogP contribution in [0.3, 0.4) is 0 Å². The lowest BCUT2D eigenvalue weighted by molar-refractivity contribution is 0.0996. The summed E-state index contributed by atoms with van der Waals surface area (Å²) in [5.74, 6) is 0.312. The van der Waals surface area contributed by atoms with Crippen molar-refractivity contribution in [3.63, 3.8) is 0 Å². The molecule has 0 radical (unpaired) electrons. The number of pyridine rings is 2. The molecule has 1 aliphatic heterocycles. The number of nitrogen functional groups attached to an aromatic ring is 1. The number of carbonyl (C=O) groups is 1. The summed E-state index contributed by atoms with van der Waals surface area (Å²) < 4.78 is 5.94. The zero-order valence-electron chi connectivity index (χ0n) is 19.2. The standard InChI is InChI=1S/C25H30N6O2/c1-4-15(5-2)13-33-21-8-6-7-19(29-21)20-11-16(23(26)24(30-20)25(27)32)22-14(3)9-10-18-17(22)12-28-31-18/h6-11,15,28,31H,4-5,12-13,26H2,1-3H3,(H2,27,32). The van der Waals surface area contributed by atoms with Crippen LogP contribution in [-0.2, 0) is 6.54 Å². The molecular formula is C25H30N6O2. The Kier molecular flexibility index (Phi) is 6.46. The number of anilines is 2. The fraction of sp³-hybridized carbons (Fsp3) is 0.320. The number of primary amides is 1. The first kappa shape index (κ1) is 22.5. The molecule has 172 valence electrons. The topological polar surface area (TPSA) is 128 Å². The molecule has 2 aromatic heterocycles. The Labute approximate surface area is 193 Å². The normalized spacial score (nSPS) is 12.5. The number of aromatic nitrogens is 2. The molecule has 33 heavy (non-hydrogen) atoms. The number of hydrogen-bond acceptors (Lipinski definition) is 7. The molecule has 3 heterocycles. The van der Waals surface area contributed by atoms with Gasteiger partial charge < -0.3 is 21.6 Å². The Morgan fingerprint density at radius 3 is 2.67 bits per heavy atom. The van der Waals surface area contributed by atoms with Crippen LogP contribution in [0, 0.1) is 12.8 Å². The van der Waals surface area contributed by atoms with Crippen molar-refractivity contribution in [2.75, 3.05) is 17.8 Å². The summed E-state index contributed by atoms with van der Waals surface area (Å²) in [5, 5.41) is 0. The molecular weight excluding hydrogens is 416 g/mol. The number of fused-ring (bicyclic) bond motifs is 1. The van der Waals surface area contributed by atoms with E-state index in [1.54, 1.807) is 0 Å². The van der Waals surface area contributed by atoms with Crippen LogP contribution < -0.4 is 27.1 Å². The second-order valence-corrected chi connectivity index (χ2v) is 8.30. The minimum Gasteiger partial charge on any atom is -0.477 e. The number of benzene rings is 1. The smallest absolute Gasteiger partial charge is 0.269 e. The third-order valence-corrected chi connectivity index (χ3v) is 6.18. The molecule has 0 saturated heterocycles. The number of carbonyl (C=O) groups excluding carboxylic acids is 1. The first-order valence-corrected chi connectivity index (χ1v) is 11.2. The molecule has 4 rings (SSSR count). The van der Waals surface area contributed by atoms with Crippen molar-refractivity contribution in [2.45, 2.75) is 40.2 Å². The van der Waals surface area contributed by atoms with Crippen molar-refractivity contribution in [1.29, 1.82) is 0 Å². The molecule has 3 aromatic rings. The maximum atomic E-state index is 12.2. The molecule has 6 N–H and O–H groups in total. The van der Waals surface area contributed by atoms with Crippen LogP contribution in [-0.4, -0.2) is 22.5 Å². The highest BCUT2D eigenvalue weighted by molar-refractivity contribution is 6.01. The van der Waals surface area contributed by atoms with Gasteiger partial charge in [0.1, 0.15) is 0 Å². The van der Waals surface area contributed by atoms with Gasteiger partial charge in [0.2, 0.25) is 5.88 Å². The van der Waals surface area contributed by atoms with Gasteiger partial charge in [-0.1, -0.05) is 38.8 Å². The SMILES string of the molecule is CCC(CC)COc1cccc(-c2cc(-c3c(C)ccc4c3CNN4)c(N)c(C(N)=O)n2)n1. The monoisotopic (exact) mass is 446 g/mol. The maximum Gasteiger partial charge on any atom is 0.269 e. The van der Waals surface area contributed by atoms with Gasteiger partial charge in [-0.25, -0.2) is 15.4 Å². The van der Waals surface area contributed by atoms with Gasteiger partial charge in [0.25, 0.3) is 5.91 Å². The molecule has 0 aliphatic carbocycles. The van der Waals surface area contributed by atoms with E-state index >= 15 is 0 Å². The van der Waals surface area contributed by atoms with Crippen molar-refractivity contribution >= 4 is 17.3 Å². The number of amides is 1. The van der Waals surface area contributed by atoms with Crippen molar-refractivity contribution < 1.29 is 9.53 Å². The van der Waals surface area contributed by atoms with Crippen molar-refractivity contribution in [3.8, 4) is 28.4 Å².